The average molecular weight is 428 g/mol. The van der Waals surface area contributed by atoms with Gasteiger partial charge in [0.05, 0.1) is 6.54 Å². The van der Waals surface area contributed by atoms with Crippen LogP contribution in [0.25, 0.3) is 0 Å². The molecule has 4 bridgehead atoms. The number of hydrogen-bond donors (Lipinski definition) is 1. The van der Waals surface area contributed by atoms with Crippen molar-refractivity contribution in [3.05, 3.63) is 5.21 Å². The molecule has 2 unspecified atom stereocenters. The maximum Gasteiger partial charge on any atom is 0.531 e. The van der Waals surface area contributed by atoms with Crippen LogP contribution >= 0.6 is 0 Å². The van der Waals surface area contributed by atoms with Gasteiger partial charge in [0.2, 0.25) is 5.91 Å². The first-order valence-corrected chi connectivity index (χ1v) is 11.9. The Labute approximate surface area is 175 Å². The van der Waals surface area contributed by atoms with E-state index in [0.29, 0.717) is 24.8 Å². The molecular formula is C20H33N3O5S. The molecule has 8 nitrogen and oxygen atoms in total. The third kappa shape index (κ3) is 4.24. The molecule has 1 N–H and O–H groups in total. The Hall–Kier alpha value is -1.03. The van der Waals surface area contributed by atoms with Crippen molar-refractivity contribution in [2.24, 2.45) is 23.7 Å². The van der Waals surface area contributed by atoms with Crippen molar-refractivity contribution in [3.8, 4) is 0 Å². The van der Waals surface area contributed by atoms with Crippen LogP contribution in [-0.4, -0.2) is 55.8 Å². The molecule has 0 spiro atoms. The first-order chi connectivity index (χ1) is 13.5. The van der Waals surface area contributed by atoms with Crippen LogP contribution in [0, 0.1) is 28.9 Å². The number of nitrogens with zero attached hydrogens (tertiary/aromatic N) is 2. The second kappa shape index (κ2) is 7.59. The minimum atomic E-state index is -2.20. The zero-order valence-electron chi connectivity index (χ0n) is 17.6. The van der Waals surface area contributed by atoms with Crippen LogP contribution in [-0.2, 0) is 20.7 Å². The summed E-state index contributed by atoms with van der Waals surface area (Å²) < 4.78 is 17.8. The quantitative estimate of drug-likeness (QED) is 0.551. The second-order valence-electron chi connectivity index (χ2n) is 10.3. The van der Waals surface area contributed by atoms with Gasteiger partial charge in [-0.25, -0.2) is 0 Å². The van der Waals surface area contributed by atoms with Gasteiger partial charge < -0.3 is 15.3 Å². The van der Waals surface area contributed by atoms with Crippen molar-refractivity contribution in [3.63, 3.8) is 0 Å². The zero-order chi connectivity index (χ0) is 21.0. The molecule has 5 aliphatic rings. The van der Waals surface area contributed by atoms with Crippen LogP contribution in [0.1, 0.15) is 59.3 Å². The van der Waals surface area contributed by atoms with Gasteiger partial charge in [-0.05, 0) is 76.5 Å². The molecule has 164 valence electrons. The second-order valence-corrected chi connectivity index (χ2v) is 11.9. The number of rotatable bonds is 3. The van der Waals surface area contributed by atoms with Crippen LogP contribution < -0.4 is 5.32 Å². The summed E-state index contributed by atoms with van der Waals surface area (Å²) in [6.45, 7) is 5.13. The zero-order valence-corrected chi connectivity index (χ0v) is 18.4. The number of quaternary nitrogens is 1. The maximum absolute atomic E-state index is 13.0. The molecule has 4 aliphatic carbocycles. The summed E-state index contributed by atoms with van der Waals surface area (Å²) in [6, 6.07) is 0.200. The summed E-state index contributed by atoms with van der Waals surface area (Å²) in [7, 11) is 0. The molecule has 2 amide bonds. The summed E-state index contributed by atoms with van der Waals surface area (Å²) >= 11 is -2.20. The number of carbonyl (C=O) groups excluding carboxylic acids is 2. The molecule has 29 heavy (non-hydrogen) atoms. The van der Waals surface area contributed by atoms with Gasteiger partial charge in [-0.15, -0.1) is 0 Å². The Morgan fingerprint density at radius 2 is 1.72 bits per heavy atom. The summed E-state index contributed by atoms with van der Waals surface area (Å²) in [4.78, 5) is 25.1. The molecule has 2 atom stereocenters. The number of hydrogen-bond acceptors (Lipinski definition) is 5. The molecule has 4 saturated carbocycles. The summed E-state index contributed by atoms with van der Waals surface area (Å²) in [5.41, 5.74) is -0.837. The first kappa shape index (κ1) is 21.2. The molecule has 1 saturated heterocycles. The third-order valence-electron chi connectivity index (χ3n) is 6.88. The summed E-state index contributed by atoms with van der Waals surface area (Å²) in [5.74, 6) is 2.56. The van der Waals surface area contributed by atoms with Gasteiger partial charge in [0.15, 0.2) is 0 Å². The lowest BCUT2D eigenvalue weighted by molar-refractivity contribution is -0.678. The Balaban J connectivity index is 1.37. The minimum absolute atomic E-state index is 0.102. The molecule has 9 heteroatoms. The fourth-order valence-electron chi connectivity index (χ4n) is 5.97. The van der Waals surface area contributed by atoms with E-state index >= 15 is 0 Å². The highest BCUT2D eigenvalue weighted by Gasteiger charge is 2.49. The van der Waals surface area contributed by atoms with Crippen LogP contribution in [0.3, 0.4) is 0 Å². The fraction of sp³-hybridized carbons (Fsp3) is 0.900. The molecule has 0 aromatic carbocycles. The van der Waals surface area contributed by atoms with Gasteiger partial charge in [0.25, 0.3) is 0 Å². The average Bonchev–Trinajstić information content (AvgIpc) is 2.60. The van der Waals surface area contributed by atoms with Crippen molar-refractivity contribution < 1.29 is 22.6 Å². The van der Waals surface area contributed by atoms with Crippen LogP contribution in [0.4, 0.5) is 4.79 Å². The van der Waals surface area contributed by atoms with Crippen molar-refractivity contribution in [2.45, 2.75) is 70.9 Å². The number of amides is 2. The van der Waals surface area contributed by atoms with E-state index in [1.54, 1.807) is 20.8 Å². The maximum atomic E-state index is 13.0. The normalized spacial score (nSPS) is 41.9. The highest BCUT2D eigenvalue weighted by atomic mass is 32.2. The van der Waals surface area contributed by atoms with Crippen LogP contribution in [0.2, 0.25) is 0 Å². The van der Waals surface area contributed by atoms with E-state index in [-0.39, 0.29) is 25.0 Å². The Kier molecular flexibility index (Phi) is 5.55. The number of hydroxylamine groups is 2. The van der Waals surface area contributed by atoms with Crippen molar-refractivity contribution >= 4 is 23.2 Å². The smallest absolute Gasteiger partial charge is 0.531 e. The van der Waals surface area contributed by atoms with Crippen molar-refractivity contribution in [1.29, 1.82) is 0 Å². The fourth-order valence-corrected chi connectivity index (χ4v) is 7.31. The molecular weight excluding hydrogens is 394 g/mol. The summed E-state index contributed by atoms with van der Waals surface area (Å²) in [5, 5.41) is 16.2. The van der Waals surface area contributed by atoms with E-state index in [2.05, 4.69) is 5.32 Å². The van der Waals surface area contributed by atoms with Gasteiger partial charge in [-0.1, -0.05) is 0 Å². The van der Waals surface area contributed by atoms with E-state index < -0.39 is 26.9 Å². The molecule has 0 aromatic rings. The van der Waals surface area contributed by atoms with Crippen molar-refractivity contribution in [2.75, 3.05) is 19.6 Å². The number of carbonyl (C=O) groups is 2. The van der Waals surface area contributed by atoms with Gasteiger partial charge in [0, 0.05) is 19.0 Å². The van der Waals surface area contributed by atoms with E-state index in [9.17, 15) is 19.0 Å². The summed E-state index contributed by atoms with van der Waals surface area (Å²) in [6.07, 6.45) is 5.50. The Morgan fingerprint density at radius 1 is 1.14 bits per heavy atom. The number of nitrogens with one attached hydrogen (secondary N) is 1. The molecule has 1 aliphatic heterocycles. The van der Waals surface area contributed by atoms with Gasteiger partial charge >= 0.3 is 17.3 Å². The standard InChI is InChI=1S/C20H33N3O5S/c1-20(2,3)28-19(25)23(26)6-4-5-22(29(23)27)12-17(24)21-18-15-8-13-7-14(10-15)11-16(18)9-13/h13-16,18H,4-12H2,1-3H3,(H,21,24). The van der Waals surface area contributed by atoms with Gasteiger partial charge in [-0.2, -0.15) is 17.4 Å². The predicted octanol–water partition coefficient (Wildman–Crippen LogP) is 2.46. The van der Waals surface area contributed by atoms with E-state index in [0.717, 1.165) is 11.8 Å². The lowest BCUT2D eigenvalue weighted by Crippen LogP contribution is -2.62. The Bertz CT molecular complexity index is 681. The predicted molar refractivity (Wildman–Crippen MR) is 108 cm³/mol. The van der Waals surface area contributed by atoms with E-state index in [1.807, 2.05) is 0 Å². The largest absolute Gasteiger partial charge is 0.607 e. The number of ether oxygens (including phenoxy) is 1. The first-order valence-electron chi connectivity index (χ1n) is 10.8. The van der Waals surface area contributed by atoms with E-state index in [1.165, 1.54) is 36.4 Å². The molecule has 5 rings (SSSR count). The lowest BCUT2D eigenvalue weighted by atomic mass is 9.54. The highest BCUT2D eigenvalue weighted by molar-refractivity contribution is 7.77. The third-order valence-corrected chi connectivity index (χ3v) is 8.47. The van der Waals surface area contributed by atoms with E-state index in [4.69, 9.17) is 4.74 Å². The highest BCUT2D eigenvalue weighted by Crippen LogP contribution is 2.53. The minimum Gasteiger partial charge on any atom is -0.607 e. The molecule has 5 fully saturated rings. The van der Waals surface area contributed by atoms with Gasteiger partial charge in [-0.3, -0.25) is 4.79 Å². The molecule has 0 aromatic heterocycles. The van der Waals surface area contributed by atoms with Crippen molar-refractivity contribution in [1.82, 2.24) is 9.62 Å². The van der Waals surface area contributed by atoms with Gasteiger partial charge in [0.1, 0.15) is 12.1 Å². The SMILES string of the molecule is CC(C)(C)OC(=O)[N+]1([O-])CCCN(CC(=O)NC2C3CC4CC(C3)CC2C4)S1=O. The van der Waals surface area contributed by atoms with Crippen LogP contribution in [0.5, 0.6) is 0 Å². The Morgan fingerprint density at radius 3 is 2.28 bits per heavy atom. The molecule has 1 heterocycles. The monoisotopic (exact) mass is 427 g/mol. The van der Waals surface area contributed by atoms with Crippen LogP contribution in [0.15, 0.2) is 0 Å². The molecule has 0 radical (unpaired) electrons. The topological polar surface area (TPSA) is 98.8 Å². The lowest BCUT2D eigenvalue weighted by Gasteiger charge is -2.54.